The van der Waals surface area contributed by atoms with Crippen LogP contribution in [0.3, 0.4) is 0 Å². The van der Waals surface area contributed by atoms with Crippen molar-refractivity contribution < 1.29 is 169 Å². The highest BCUT2D eigenvalue weighted by molar-refractivity contribution is 8.76. The number of aliphatic hydroxyl groups excluding tert-OH is 14. The second-order valence-corrected chi connectivity index (χ2v) is 37.2. The predicted octanol–water partition coefficient (Wildman–Crippen LogP) is -9.01. The predicted molar refractivity (Wildman–Crippen MR) is 519 cm³/mol. The first kappa shape index (κ1) is 121. The number of aliphatic hydroxyl groups is 14. The third kappa shape index (κ3) is 40.1. The highest BCUT2D eigenvalue weighted by atomic mass is 33.1. The molecule has 1 aliphatic rings. The molecule has 0 saturated carbocycles. The van der Waals surface area contributed by atoms with E-state index in [1.54, 1.807) is 18.2 Å². The number of carbonyl (C=O) groups excluding carboxylic acids is 12. The SMILES string of the molecule is Nc1nc2ncc(CNc3ccc(C(=O)NC(CCC(=O)NC(CCC(=O)NCC(O)C(O)C(O)C(O)CO)C(=O)NC(CCC(=O)O)C(=O)NC(CCC(=O)NCC(O)CC(O)C(O)CO)C(=O)NC(CCC(=O)O)C(=O)NC(CCC(=O)NCC(O)C(O)C(O)C(O)CO)C(=O)NC(CNC(=O)CCSCC4c5ccccc5-c5ccccc54)C(=O)NC(CSSc4ccccn4)C(=O)O)C(=O)O)cc3)nc2c(=O)[nH]1. The lowest BCUT2D eigenvalue weighted by molar-refractivity contribution is -0.142. The molecule has 0 aliphatic heterocycles. The second kappa shape index (κ2) is 61.3. The van der Waals surface area contributed by atoms with Crippen LogP contribution in [-0.4, -0.2) is 390 Å². The quantitative estimate of drug-likeness (QED) is 0.0125. The van der Waals surface area contributed by atoms with Crippen molar-refractivity contribution in [1.82, 2.24) is 88.7 Å². The molecule has 0 radical (unpaired) electrons. The third-order valence-electron chi connectivity index (χ3n) is 22.7. The molecule has 0 bridgehead atoms. The first-order valence-corrected chi connectivity index (χ1v) is 49.4. The van der Waals surface area contributed by atoms with Crippen LogP contribution in [0.4, 0.5) is 11.6 Å². The Balaban J connectivity index is 1.18. The molecule has 57 heteroatoms. The Morgan fingerprint density at radius 3 is 1.31 bits per heavy atom. The molecular formula is C90H121N19O35S3. The Morgan fingerprint density at radius 2 is 0.837 bits per heavy atom. The fraction of sp³-hybridized carbons (Fsp3) is 0.500. The summed E-state index contributed by atoms with van der Waals surface area (Å²) in [4.78, 5) is 254. The van der Waals surface area contributed by atoms with Gasteiger partial charge in [-0.1, -0.05) is 65.4 Å². The number of aromatic nitrogens is 5. The number of thioether (sulfide) groups is 1. The molecule has 6 aromatic rings. The monoisotopic (exact) mass is 2120 g/mol. The van der Waals surface area contributed by atoms with Crippen molar-refractivity contribution in [3.8, 4) is 11.1 Å². The van der Waals surface area contributed by atoms with Crippen LogP contribution < -0.4 is 80.4 Å². The number of pyridine rings is 1. The minimum absolute atomic E-state index is 0.00843. The summed E-state index contributed by atoms with van der Waals surface area (Å²) in [5.41, 5.74) is 9.54. The highest BCUT2D eigenvalue weighted by Crippen LogP contribution is 2.46. The van der Waals surface area contributed by atoms with E-state index in [9.17, 15) is 159 Å². The molecule has 147 heavy (non-hydrogen) atoms. The number of hydrogen-bond donors (Lipinski definition) is 33. The van der Waals surface area contributed by atoms with Gasteiger partial charge in [-0.2, -0.15) is 16.7 Å². The number of H-pyrrole nitrogens is 1. The molecule has 12 amide bonds. The van der Waals surface area contributed by atoms with Crippen molar-refractivity contribution in [3.05, 3.63) is 136 Å². The number of benzene rings is 3. The van der Waals surface area contributed by atoms with Gasteiger partial charge in [-0.15, -0.1) is 0 Å². The van der Waals surface area contributed by atoms with Gasteiger partial charge in [0.25, 0.3) is 11.5 Å². The van der Waals surface area contributed by atoms with E-state index in [-0.39, 0.29) is 58.8 Å². The molecule has 19 atom stereocenters. The van der Waals surface area contributed by atoms with E-state index in [1.807, 2.05) is 48.5 Å². The number of nitrogens with one attached hydrogen (secondary N) is 14. The van der Waals surface area contributed by atoms with Crippen LogP contribution in [-0.2, 0) is 78.5 Å². The smallest absolute Gasteiger partial charge is 0.327 e. The summed E-state index contributed by atoms with van der Waals surface area (Å²) in [6.45, 7) is -6.59. The van der Waals surface area contributed by atoms with E-state index >= 15 is 14.4 Å². The maximum atomic E-state index is 15.1. The van der Waals surface area contributed by atoms with Crippen molar-refractivity contribution in [1.29, 1.82) is 0 Å². The summed E-state index contributed by atoms with van der Waals surface area (Å²) in [6, 6.07) is 9.05. The Kier molecular flexibility index (Phi) is 50.3. The number of nitrogens with two attached hydrogens (primary N) is 1. The zero-order valence-electron chi connectivity index (χ0n) is 78.6. The molecule has 3 aromatic carbocycles. The van der Waals surface area contributed by atoms with Crippen LogP contribution in [0.15, 0.2) is 113 Å². The number of aromatic amines is 1. The molecule has 0 fully saturated rings. The molecule has 1 aliphatic carbocycles. The molecule has 7 rings (SSSR count). The van der Waals surface area contributed by atoms with Crippen LogP contribution in [0, 0.1) is 0 Å². The number of nitrogen functional groups attached to an aromatic ring is 1. The summed E-state index contributed by atoms with van der Waals surface area (Å²) in [5.74, 6) is -21.9. The van der Waals surface area contributed by atoms with E-state index < -0.39 is 345 Å². The molecular weight excluding hydrogens is 2000 g/mol. The van der Waals surface area contributed by atoms with Gasteiger partial charge in [0.2, 0.25) is 70.9 Å². The zero-order valence-corrected chi connectivity index (χ0v) is 81.1. The van der Waals surface area contributed by atoms with Gasteiger partial charge in [0.1, 0.15) is 96.1 Å². The Hall–Kier alpha value is -13.4. The number of carboxylic acid groups (broad SMARTS) is 4. The minimum atomic E-state index is -2.28. The van der Waals surface area contributed by atoms with Gasteiger partial charge >= 0.3 is 23.9 Å². The number of nitrogens with zero attached hydrogens (tertiary/aromatic N) is 4. The largest absolute Gasteiger partial charge is 0.481 e. The number of rotatable bonds is 67. The Morgan fingerprint density at radius 1 is 0.415 bits per heavy atom. The number of carbonyl (C=O) groups is 16. The van der Waals surface area contributed by atoms with Gasteiger partial charge in [-0.25, -0.2) is 24.5 Å². The van der Waals surface area contributed by atoms with Crippen LogP contribution in [0.5, 0.6) is 0 Å². The fourth-order valence-electron chi connectivity index (χ4n) is 14.4. The van der Waals surface area contributed by atoms with Crippen LogP contribution in [0.25, 0.3) is 22.3 Å². The van der Waals surface area contributed by atoms with Crippen LogP contribution >= 0.6 is 33.3 Å². The molecule has 0 spiro atoms. The number of carboxylic acids is 4. The van der Waals surface area contributed by atoms with Crippen molar-refractivity contribution in [2.45, 2.75) is 223 Å². The number of hydrogen-bond acceptors (Lipinski definition) is 40. The van der Waals surface area contributed by atoms with E-state index in [2.05, 4.69) is 94.0 Å². The normalized spacial score (nSPS) is 15.6. The van der Waals surface area contributed by atoms with Crippen molar-refractivity contribution in [3.63, 3.8) is 0 Å². The average Bonchev–Trinajstić information content (AvgIpc) is 1.61. The van der Waals surface area contributed by atoms with Gasteiger partial charge in [-0.05, 0) is 108 Å². The van der Waals surface area contributed by atoms with Crippen molar-refractivity contribution in [2.24, 2.45) is 0 Å². The van der Waals surface area contributed by atoms with Crippen LogP contribution in [0.2, 0.25) is 0 Å². The zero-order chi connectivity index (χ0) is 108. The highest BCUT2D eigenvalue weighted by Gasteiger charge is 2.40. The Labute approximate surface area is 848 Å². The van der Waals surface area contributed by atoms with Gasteiger partial charge in [0.05, 0.1) is 62.7 Å². The molecule has 34 N–H and O–H groups in total. The molecule has 0 saturated heterocycles. The number of aliphatic carboxylic acids is 4. The van der Waals surface area contributed by atoms with E-state index in [0.29, 0.717) is 16.5 Å². The first-order chi connectivity index (χ1) is 69.9. The van der Waals surface area contributed by atoms with Gasteiger partial charge in [0.15, 0.2) is 11.2 Å². The third-order valence-corrected chi connectivity index (χ3v) is 26.0. The van der Waals surface area contributed by atoms with Crippen LogP contribution in [0.1, 0.15) is 123 Å². The lowest BCUT2D eigenvalue weighted by Gasteiger charge is -2.28. The summed E-state index contributed by atoms with van der Waals surface area (Å²) in [6.07, 6.45) is -31.6. The molecule has 804 valence electrons. The summed E-state index contributed by atoms with van der Waals surface area (Å²) in [7, 11) is 1.95. The maximum absolute atomic E-state index is 15.1. The lowest BCUT2D eigenvalue weighted by atomic mass is 9.99. The summed E-state index contributed by atoms with van der Waals surface area (Å²) >= 11 is 1.41. The van der Waals surface area contributed by atoms with E-state index in [0.717, 1.165) is 43.8 Å². The maximum Gasteiger partial charge on any atom is 0.327 e. The topological polar surface area (TPSA) is 904 Å². The van der Waals surface area contributed by atoms with Gasteiger partial charge < -0.3 is 167 Å². The number of fused-ring (bicyclic) bond motifs is 4. The number of anilines is 2. The molecule has 54 nitrogen and oxygen atoms in total. The average molecular weight is 2130 g/mol. The second-order valence-electron chi connectivity index (χ2n) is 33.7. The standard InChI is InChI=1S/C90H121N19O35S3/c91-90-108-79-74(87(140)109-90)99-45(33-98-79)32-93-44-14-12-43(13-15-44)80(133)105-57(88(141)142)19-25-70(124)100-52(16-22-67(121)96-36-61(115)75(129)77(131)64(118)39-111)81(134)103-55(20-26-72(125)126)83(136)101-53(17-23-66(120)94-34-46(113)31-60(114)63(117)38-110)82(135)104-56(21-27-73(127)128)84(137)102-54(18-24-68(122)97-37-62(116)76(130)78(132)65(119)40-112)85(138)106-58(86(139)107-59(89(143)144)42-146-147-71-11-5-6-29-92-71)35-95-69(123)28-30-145-41-51-49-9-3-1-7-47(49)48-8-2-4-10-50(48)51/h1-15,29,33,46,51-65,75-78,93,110-119,129-132H,16-28,30-32,34-42H2,(H,94,120)(H,95,123)(H,96,121)(H,97,122)(H,100,124)(H,101,136)(H,102,137)(H,103,134)(H,104,135)(H,105,133)(H,106,138)(H,107,139)(H,125,126)(H,127,128)(H,141,142)(H,143,144)(H3,91,98,108,109,140). The molecule has 3 heterocycles. The fourth-order valence-corrected chi connectivity index (χ4v) is 17.5. The van der Waals surface area contributed by atoms with Crippen molar-refractivity contribution >= 4 is 151 Å². The minimum Gasteiger partial charge on any atom is -0.481 e. The van der Waals surface area contributed by atoms with Crippen molar-refractivity contribution in [2.75, 3.05) is 74.3 Å². The van der Waals surface area contributed by atoms with Gasteiger partial charge in [-0.3, -0.25) is 76.9 Å². The Bertz CT molecular complexity index is 5480. The molecule has 3 aromatic heterocycles. The summed E-state index contributed by atoms with van der Waals surface area (Å²) in [5, 5.41) is 213. The number of amides is 12. The molecule has 19 unspecified atom stereocenters. The van der Waals surface area contributed by atoms with E-state index in [4.69, 9.17) is 5.73 Å². The summed E-state index contributed by atoms with van der Waals surface area (Å²) < 4.78 is 0. The lowest BCUT2D eigenvalue weighted by Crippen LogP contribution is -2.61. The van der Waals surface area contributed by atoms with Gasteiger partial charge in [0, 0.05) is 118 Å². The van der Waals surface area contributed by atoms with E-state index in [1.165, 1.54) is 48.4 Å². The first-order valence-electron chi connectivity index (χ1n) is 45.9.